The van der Waals surface area contributed by atoms with Gasteiger partial charge in [-0.1, -0.05) is 11.6 Å². The van der Waals surface area contributed by atoms with Gasteiger partial charge in [0.2, 0.25) is 5.88 Å². The summed E-state index contributed by atoms with van der Waals surface area (Å²) in [5.41, 5.74) is 2.62. The first-order valence-corrected chi connectivity index (χ1v) is 10.8. The second-order valence-electron chi connectivity index (χ2n) is 8.40. The van der Waals surface area contributed by atoms with E-state index in [1.165, 1.54) is 6.20 Å². The Hall–Kier alpha value is -2.77. The molecular formula is C23H24ClN3O4. The summed E-state index contributed by atoms with van der Waals surface area (Å²) in [5.74, 6) is 0.365. The highest BCUT2D eigenvalue weighted by molar-refractivity contribution is 6.34. The van der Waals surface area contributed by atoms with Crippen LogP contribution in [0.5, 0.6) is 5.88 Å². The molecule has 162 valence electrons. The Kier molecular flexibility index (Phi) is 5.02. The first-order chi connectivity index (χ1) is 15.0. The van der Waals surface area contributed by atoms with Crippen molar-refractivity contribution in [3.05, 3.63) is 41.0 Å². The summed E-state index contributed by atoms with van der Waals surface area (Å²) >= 11 is 6.55. The minimum Gasteiger partial charge on any atom is -0.480 e. The van der Waals surface area contributed by atoms with Gasteiger partial charge in [-0.05, 0) is 48.9 Å². The number of hydrogen-bond donors (Lipinski definition) is 2. The van der Waals surface area contributed by atoms with Gasteiger partial charge in [0.15, 0.2) is 0 Å². The summed E-state index contributed by atoms with van der Waals surface area (Å²) in [7, 11) is 1.59. The molecule has 4 heterocycles. The molecule has 7 nitrogen and oxygen atoms in total. The summed E-state index contributed by atoms with van der Waals surface area (Å²) in [6.07, 6.45) is 4.81. The highest BCUT2D eigenvalue weighted by Crippen LogP contribution is 2.43. The molecule has 31 heavy (non-hydrogen) atoms. The predicted molar refractivity (Wildman–Crippen MR) is 119 cm³/mol. The minimum atomic E-state index is -0.990. The number of anilines is 1. The number of hydrogen-bond acceptors (Lipinski definition) is 5. The van der Waals surface area contributed by atoms with Crippen molar-refractivity contribution in [2.45, 2.75) is 19.3 Å². The van der Waals surface area contributed by atoms with Crippen molar-refractivity contribution in [2.75, 3.05) is 38.3 Å². The highest BCUT2D eigenvalue weighted by atomic mass is 35.5. The van der Waals surface area contributed by atoms with Crippen LogP contribution >= 0.6 is 11.6 Å². The number of carbonyl (C=O) groups is 1. The molecule has 0 aliphatic carbocycles. The van der Waals surface area contributed by atoms with E-state index < -0.39 is 5.97 Å². The van der Waals surface area contributed by atoms with E-state index in [1.54, 1.807) is 19.2 Å². The van der Waals surface area contributed by atoms with E-state index in [0.29, 0.717) is 32.8 Å². The number of aromatic carboxylic acids is 1. The summed E-state index contributed by atoms with van der Waals surface area (Å²) < 4.78 is 11.2. The summed E-state index contributed by atoms with van der Waals surface area (Å²) in [6.45, 7) is 3.61. The number of H-pyrrole nitrogens is 1. The third-order valence-electron chi connectivity index (χ3n) is 6.64. The average Bonchev–Trinajstić information content (AvgIpc) is 3.37. The van der Waals surface area contributed by atoms with Crippen molar-refractivity contribution in [3.8, 4) is 17.0 Å². The van der Waals surface area contributed by atoms with Gasteiger partial charge < -0.3 is 24.5 Å². The lowest BCUT2D eigenvalue weighted by Gasteiger charge is -2.33. The Morgan fingerprint density at radius 2 is 2.06 bits per heavy atom. The van der Waals surface area contributed by atoms with Crippen molar-refractivity contribution in [1.82, 2.24) is 9.97 Å². The van der Waals surface area contributed by atoms with Crippen LogP contribution < -0.4 is 9.64 Å². The molecule has 2 saturated heterocycles. The molecule has 1 spiro atoms. The van der Waals surface area contributed by atoms with E-state index in [4.69, 9.17) is 26.1 Å². The molecule has 2 fully saturated rings. The normalized spacial score (nSPS) is 18.1. The van der Waals surface area contributed by atoms with Gasteiger partial charge in [-0.25, -0.2) is 4.79 Å². The topological polar surface area (TPSA) is 87.7 Å². The van der Waals surface area contributed by atoms with Crippen molar-refractivity contribution in [3.63, 3.8) is 0 Å². The zero-order valence-corrected chi connectivity index (χ0v) is 18.0. The Balaban J connectivity index is 1.50. The summed E-state index contributed by atoms with van der Waals surface area (Å²) in [6, 6.07) is 7.47. The quantitative estimate of drug-likeness (QED) is 0.615. The molecule has 0 atom stereocenters. The number of benzene rings is 1. The van der Waals surface area contributed by atoms with Crippen LogP contribution in [0.3, 0.4) is 0 Å². The summed E-state index contributed by atoms with van der Waals surface area (Å²) in [4.78, 5) is 21.6. The monoisotopic (exact) mass is 441 g/mol. The van der Waals surface area contributed by atoms with E-state index in [0.717, 1.165) is 56.9 Å². The largest absolute Gasteiger partial charge is 0.480 e. The second kappa shape index (κ2) is 7.73. The van der Waals surface area contributed by atoms with Gasteiger partial charge in [0.25, 0.3) is 0 Å². The smallest absolute Gasteiger partial charge is 0.337 e. The minimum absolute atomic E-state index is 0.204. The fourth-order valence-electron chi connectivity index (χ4n) is 4.84. The molecule has 0 amide bonds. The number of aromatic amines is 1. The maximum atomic E-state index is 11.5. The molecule has 2 aliphatic heterocycles. The van der Waals surface area contributed by atoms with Gasteiger partial charge in [-0.15, -0.1) is 0 Å². The number of ether oxygens (including phenoxy) is 2. The van der Waals surface area contributed by atoms with E-state index in [9.17, 15) is 9.90 Å². The third kappa shape index (κ3) is 3.51. The van der Waals surface area contributed by atoms with Crippen LogP contribution in [0, 0.1) is 5.41 Å². The molecule has 0 bridgehead atoms. The van der Waals surface area contributed by atoms with E-state index in [-0.39, 0.29) is 5.56 Å². The lowest BCUT2D eigenvalue weighted by molar-refractivity contribution is 0.0254. The van der Waals surface area contributed by atoms with Crippen LogP contribution in [0.1, 0.15) is 29.6 Å². The van der Waals surface area contributed by atoms with E-state index in [1.807, 2.05) is 12.1 Å². The van der Waals surface area contributed by atoms with Gasteiger partial charge >= 0.3 is 5.97 Å². The zero-order chi connectivity index (χ0) is 21.6. The van der Waals surface area contributed by atoms with E-state index in [2.05, 4.69) is 9.88 Å². The molecule has 2 N–H and O–H groups in total. The van der Waals surface area contributed by atoms with Crippen LogP contribution in [-0.4, -0.2) is 54.5 Å². The lowest BCUT2D eigenvalue weighted by atomic mass is 9.80. The zero-order valence-electron chi connectivity index (χ0n) is 17.3. The van der Waals surface area contributed by atoms with Gasteiger partial charge in [-0.2, -0.15) is 4.98 Å². The Morgan fingerprint density at radius 3 is 2.81 bits per heavy atom. The number of carboxylic acids is 1. The number of carboxylic acid groups (broad SMARTS) is 1. The van der Waals surface area contributed by atoms with Crippen LogP contribution in [0.25, 0.3) is 22.0 Å². The van der Waals surface area contributed by atoms with Crippen LogP contribution in [0.15, 0.2) is 30.5 Å². The van der Waals surface area contributed by atoms with E-state index >= 15 is 0 Å². The number of nitrogens with zero attached hydrogens (tertiary/aromatic N) is 2. The maximum absolute atomic E-state index is 11.5. The molecule has 3 aromatic rings. The standard InChI is InChI=1S/C23H24ClN3O4/c1-30-21-14(15-10-16-17(22(28)29)12-25-19(16)11-18(15)24)2-3-20(26-21)27-7-4-23(13-27)5-8-31-9-6-23/h2-3,10-12,25H,4-9,13H2,1H3,(H,28,29). The first kappa shape index (κ1) is 20.2. The van der Waals surface area contributed by atoms with Crippen molar-refractivity contribution in [2.24, 2.45) is 5.41 Å². The lowest BCUT2D eigenvalue weighted by Crippen LogP contribution is -2.33. The number of pyridine rings is 1. The van der Waals surface area contributed by atoms with Crippen LogP contribution in [0.2, 0.25) is 5.02 Å². The summed E-state index contributed by atoms with van der Waals surface area (Å²) in [5, 5.41) is 10.6. The molecule has 0 unspecified atom stereocenters. The Morgan fingerprint density at radius 1 is 1.26 bits per heavy atom. The average molecular weight is 442 g/mol. The van der Waals surface area contributed by atoms with Crippen molar-refractivity contribution < 1.29 is 19.4 Å². The third-order valence-corrected chi connectivity index (χ3v) is 6.96. The molecule has 2 aromatic heterocycles. The maximum Gasteiger partial charge on any atom is 0.337 e. The Bertz CT molecular complexity index is 1150. The van der Waals surface area contributed by atoms with Gasteiger partial charge in [0.05, 0.1) is 17.7 Å². The molecule has 2 aliphatic rings. The van der Waals surface area contributed by atoms with Gasteiger partial charge in [0, 0.05) is 54.5 Å². The van der Waals surface area contributed by atoms with Gasteiger partial charge in [-0.3, -0.25) is 0 Å². The Labute approximate surface area is 184 Å². The molecule has 0 radical (unpaired) electrons. The first-order valence-electron chi connectivity index (χ1n) is 10.4. The number of nitrogens with one attached hydrogen (secondary N) is 1. The molecular weight excluding hydrogens is 418 g/mol. The number of aromatic nitrogens is 2. The predicted octanol–water partition coefficient (Wildman–Crippen LogP) is 4.60. The molecule has 5 rings (SSSR count). The second-order valence-corrected chi connectivity index (χ2v) is 8.80. The highest BCUT2D eigenvalue weighted by Gasteiger charge is 2.39. The number of methoxy groups -OCH3 is 1. The molecule has 1 aromatic carbocycles. The SMILES string of the molecule is COc1nc(N2CCC3(CCOCC3)C2)ccc1-c1cc2c(C(=O)O)c[nH]c2cc1Cl. The molecule has 0 saturated carbocycles. The van der Waals surface area contributed by atoms with Gasteiger partial charge in [0.1, 0.15) is 5.82 Å². The fourth-order valence-corrected chi connectivity index (χ4v) is 5.10. The number of halogens is 1. The van der Waals surface area contributed by atoms with Crippen LogP contribution in [0.4, 0.5) is 5.82 Å². The fraction of sp³-hybridized carbons (Fsp3) is 0.391. The van der Waals surface area contributed by atoms with Crippen molar-refractivity contribution in [1.29, 1.82) is 0 Å². The number of rotatable bonds is 4. The number of fused-ring (bicyclic) bond motifs is 1. The van der Waals surface area contributed by atoms with Crippen molar-refractivity contribution >= 4 is 34.3 Å². The van der Waals surface area contributed by atoms with Crippen LogP contribution in [-0.2, 0) is 4.74 Å². The molecule has 8 heteroatoms.